The van der Waals surface area contributed by atoms with Crippen LogP contribution in [-0.2, 0) is 23.1 Å². The maximum atomic E-state index is 13.9. The molecule has 0 spiro atoms. The van der Waals surface area contributed by atoms with Crippen LogP contribution in [0.3, 0.4) is 0 Å². The summed E-state index contributed by atoms with van der Waals surface area (Å²) in [7, 11) is -0.501. The Bertz CT molecular complexity index is 1530. The van der Waals surface area contributed by atoms with E-state index in [2.05, 4.69) is 15.1 Å². The summed E-state index contributed by atoms with van der Waals surface area (Å²) < 4.78 is 39.4. The molecule has 0 aliphatic carbocycles. The summed E-state index contributed by atoms with van der Waals surface area (Å²) in [6, 6.07) is 0. The molecule has 0 aromatic carbocycles. The molecule has 2 aliphatic heterocycles. The van der Waals surface area contributed by atoms with Crippen LogP contribution >= 0.6 is 7.75 Å². The number of aromatic nitrogens is 4. The molecule has 2 saturated heterocycles. The third kappa shape index (κ3) is 7.42. The van der Waals surface area contributed by atoms with Gasteiger partial charge in [0.2, 0.25) is 0 Å². The molecule has 4 rings (SSSR count). The zero-order valence-corrected chi connectivity index (χ0v) is 24.6. The van der Waals surface area contributed by atoms with Gasteiger partial charge in [0.25, 0.3) is 11.1 Å². The van der Waals surface area contributed by atoms with Crippen molar-refractivity contribution in [2.75, 3.05) is 40.4 Å². The lowest BCUT2D eigenvalue weighted by Crippen LogP contribution is -2.34. The van der Waals surface area contributed by atoms with Gasteiger partial charge in [-0.25, -0.2) is 19.2 Å². The molecule has 0 saturated carbocycles. The molecule has 3 unspecified atom stereocenters. The second-order valence-corrected chi connectivity index (χ2v) is 12.4. The van der Waals surface area contributed by atoms with Crippen LogP contribution < -0.4 is 27.6 Å². The molecule has 0 radical (unpaired) electrons. The fourth-order valence-electron chi connectivity index (χ4n) is 4.66. The quantitative estimate of drug-likeness (QED) is 0.168. The number of hydrogen-bond donors (Lipinski definition) is 5. The first kappa shape index (κ1) is 32.2. The molecule has 7 atom stereocenters. The zero-order valence-electron chi connectivity index (χ0n) is 23.7. The number of aliphatic hydroxyl groups excluding tert-OH is 2. The summed E-state index contributed by atoms with van der Waals surface area (Å²) in [5.41, 5.74) is -1.93. The van der Waals surface area contributed by atoms with Crippen LogP contribution in [0.5, 0.6) is 0 Å². The van der Waals surface area contributed by atoms with Gasteiger partial charge in [-0.3, -0.25) is 37.7 Å². The Morgan fingerprint density at radius 3 is 2.10 bits per heavy atom. The lowest BCUT2D eigenvalue weighted by atomic mass is 10.2. The standard InChI is InChI=1S/C24H37N6O11P/c1-13-9-29(23(35)26-21(13)33)19-7-15(32)18(40-19)12-38-42(37,25-5-6-28(3)4)41-16-8-20(39-17(16)11-31)30-10-14(2)22(34)27-24(30)36/h9-10,15-20,31-32H,5-8,11-12H2,1-4H3,(H,25,37)(H,26,33,35)(H,27,34,36)/t15?,16?,17-,18-,19-,20-,42?/m1/s1. The highest BCUT2D eigenvalue weighted by Crippen LogP contribution is 2.49. The van der Waals surface area contributed by atoms with Crippen molar-refractivity contribution in [2.24, 2.45) is 0 Å². The number of aromatic amines is 2. The van der Waals surface area contributed by atoms with E-state index in [1.54, 1.807) is 0 Å². The van der Waals surface area contributed by atoms with Crippen molar-refractivity contribution in [3.05, 3.63) is 65.2 Å². The summed E-state index contributed by atoms with van der Waals surface area (Å²) in [5, 5.41) is 23.3. The zero-order chi connectivity index (χ0) is 30.8. The Kier molecular flexibility index (Phi) is 10.2. The summed E-state index contributed by atoms with van der Waals surface area (Å²) in [6.45, 7) is 2.80. The minimum atomic E-state index is -4.14. The minimum absolute atomic E-state index is 0.00155. The van der Waals surface area contributed by atoms with E-state index in [-0.39, 0.29) is 37.1 Å². The fraction of sp³-hybridized carbons (Fsp3) is 0.667. The number of likely N-dealkylation sites (N-methyl/N-ethyl adjacent to an activating group) is 1. The van der Waals surface area contributed by atoms with E-state index in [1.165, 1.54) is 26.2 Å². The average Bonchev–Trinajstić information content (AvgIpc) is 3.49. The predicted molar refractivity (Wildman–Crippen MR) is 147 cm³/mol. The smallest absolute Gasteiger partial charge is 0.394 e. The Labute approximate surface area is 239 Å². The third-order valence-corrected chi connectivity index (χ3v) is 8.67. The van der Waals surface area contributed by atoms with Crippen molar-refractivity contribution in [2.45, 2.75) is 63.6 Å². The van der Waals surface area contributed by atoms with Gasteiger partial charge in [0.05, 0.1) is 19.3 Å². The maximum Gasteiger partial charge on any atom is 0.406 e. The number of aliphatic hydroxyl groups is 2. The van der Waals surface area contributed by atoms with Gasteiger partial charge in [-0.2, -0.15) is 0 Å². The van der Waals surface area contributed by atoms with Crippen LogP contribution in [0.15, 0.2) is 31.6 Å². The molecule has 2 aromatic heterocycles. The molecule has 2 aromatic rings. The molecule has 0 amide bonds. The Morgan fingerprint density at radius 2 is 1.55 bits per heavy atom. The van der Waals surface area contributed by atoms with Crippen LogP contribution in [0.25, 0.3) is 0 Å². The van der Waals surface area contributed by atoms with Crippen molar-refractivity contribution in [3.8, 4) is 0 Å². The highest BCUT2D eigenvalue weighted by molar-refractivity contribution is 7.51. The van der Waals surface area contributed by atoms with E-state index in [0.29, 0.717) is 6.54 Å². The van der Waals surface area contributed by atoms with Gasteiger partial charge in [0.15, 0.2) is 0 Å². The van der Waals surface area contributed by atoms with E-state index in [4.69, 9.17) is 18.5 Å². The molecule has 18 heteroatoms. The van der Waals surface area contributed by atoms with Gasteiger partial charge in [0.1, 0.15) is 30.8 Å². The molecule has 17 nitrogen and oxygen atoms in total. The van der Waals surface area contributed by atoms with Crippen molar-refractivity contribution in [3.63, 3.8) is 0 Å². The monoisotopic (exact) mass is 616 g/mol. The topological polar surface area (TPSA) is 219 Å². The van der Waals surface area contributed by atoms with Crippen LogP contribution in [0.1, 0.15) is 36.4 Å². The van der Waals surface area contributed by atoms with E-state index in [0.717, 1.165) is 9.13 Å². The van der Waals surface area contributed by atoms with Crippen molar-refractivity contribution >= 4 is 7.75 Å². The second-order valence-electron chi connectivity index (χ2n) is 10.6. The van der Waals surface area contributed by atoms with Crippen LogP contribution in [0, 0.1) is 13.8 Å². The van der Waals surface area contributed by atoms with Gasteiger partial charge in [-0.1, -0.05) is 0 Å². The Hall–Kier alpha value is -2.73. The Balaban J connectivity index is 1.48. The average molecular weight is 617 g/mol. The summed E-state index contributed by atoms with van der Waals surface area (Å²) in [4.78, 5) is 54.4. The second kappa shape index (κ2) is 13.3. The fourth-order valence-corrected chi connectivity index (χ4v) is 6.18. The van der Waals surface area contributed by atoms with Crippen LogP contribution in [-0.4, -0.2) is 99.0 Å². The van der Waals surface area contributed by atoms with E-state index < -0.39 is 73.7 Å². The van der Waals surface area contributed by atoms with Gasteiger partial charge in [-0.15, -0.1) is 0 Å². The summed E-state index contributed by atoms with van der Waals surface area (Å²) >= 11 is 0. The third-order valence-electron chi connectivity index (χ3n) is 7.02. The molecule has 2 aliphatic rings. The normalized spacial score (nSPS) is 27.5. The number of ether oxygens (including phenoxy) is 2. The number of H-pyrrole nitrogens is 2. The number of aryl methyl sites for hydroxylation is 2. The number of nitrogens with zero attached hydrogens (tertiary/aromatic N) is 3. The first-order valence-corrected chi connectivity index (χ1v) is 14.9. The van der Waals surface area contributed by atoms with E-state index in [9.17, 15) is 34.0 Å². The highest BCUT2D eigenvalue weighted by atomic mass is 31.2. The SMILES string of the molecule is Cc1cn([C@H]2CC(O)[C@@H](COP(=O)(NCCN(C)C)OC3C[C@H](n4cc(C)c(=O)[nH]c4=O)O[C@@H]3CO)O2)c(=O)[nH]c1=O. The molecule has 234 valence electrons. The van der Waals surface area contributed by atoms with E-state index in [1.807, 2.05) is 19.0 Å². The molecule has 4 heterocycles. The largest absolute Gasteiger partial charge is 0.406 e. The van der Waals surface area contributed by atoms with Gasteiger partial charge < -0.3 is 24.6 Å². The van der Waals surface area contributed by atoms with Crippen molar-refractivity contribution in [1.82, 2.24) is 29.1 Å². The number of nitrogens with one attached hydrogen (secondary N) is 3. The maximum absolute atomic E-state index is 13.9. The van der Waals surface area contributed by atoms with Gasteiger partial charge in [0, 0.05) is 49.5 Å². The first-order valence-electron chi connectivity index (χ1n) is 13.4. The molecule has 0 bridgehead atoms. The number of hydrogen-bond acceptors (Lipinski definition) is 12. The molecule has 2 fully saturated rings. The van der Waals surface area contributed by atoms with Crippen LogP contribution in [0.4, 0.5) is 0 Å². The lowest BCUT2D eigenvalue weighted by Gasteiger charge is -2.26. The Morgan fingerprint density at radius 1 is 1.00 bits per heavy atom. The van der Waals surface area contributed by atoms with Gasteiger partial charge >= 0.3 is 19.1 Å². The van der Waals surface area contributed by atoms with Crippen molar-refractivity contribution < 1.29 is 33.3 Å². The minimum Gasteiger partial charge on any atom is -0.394 e. The van der Waals surface area contributed by atoms with Gasteiger partial charge in [-0.05, 0) is 27.9 Å². The molecular weight excluding hydrogens is 579 g/mol. The molecule has 42 heavy (non-hydrogen) atoms. The summed E-state index contributed by atoms with van der Waals surface area (Å²) in [6.07, 6.45) is -3.20. The lowest BCUT2D eigenvalue weighted by molar-refractivity contribution is -0.0533. The number of rotatable bonds is 12. The molecular formula is C24H37N6O11P. The van der Waals surface area contributed by atoms with E-state index >= 15 is 0 Å². The first-order chi connectivity index (χ1) is 19.8. The molecule has 5 N–H and O–H groups in total. The van der Waals surface area contributed by atoms with Crippen molar-refractivity contribution in [1.29, 1.82) is 0 Å². The highest BCUT2D eigenvalue weighted by Gasteiger charge is 2.43. The predicted octanol–water partition coefficient (Wildman–Crippen LogP) is -1.71. The van der Waals surface area contributed by atoms with Crippen LogP contribution in [0.2, 0.25) is 0 Å². The summed E-state index contributed by atoms with van der Waals surface area (Å²) in [5.74, 6) is 0.